The van der Waals surface area contributed by atoms with Crippen LogP contribution in [0.1, 0.15) is 13.8 Å². The first kappa shape index (κ1) is 8.11. The van der Waals surface area contributed by atoms with Gasteiger partial charge in [0.1, 0.15) is 5.82 Å². The lowest BCUT2D eigenvalue weighted by atomic mass is 10.1. The molecule has 0 atom stereocenters. The van der Waals surface area contributed by atoms with Gasteiger partial charge in [-0.05, 0) is 18.9 Å². The highest BCUT2D eigenvalue weighted by molar-refractivity contribution is 5.90. The number of hydrogen-bond donors (Lipinski definition) is 3. The highest BCUT2D eigenvalue weighted by atomic mass is 15.1. The predicted molar refractivity (Wildman–Crippen MR) is 46.7 cm³/mol. The maximum absolute atomic E-state index is 7.22. The monoisotopic (exact) mass is 153 g/mol. The van der Waals surface area contributed by atoms with E-state index in [9.17, 15) is 0 Å². The fourth-order valence-corrected chi connectivity index (χ4v) is 1.02. The summed E-state index contributed by atoms with van der Waals surface area (Å²) in [4.78, 5) is 0. The van der Waals surface area contributed by atoms with Crippen molar-refractivity contribution in [2.24, 2.45) is 5.92 Å². The lowest BCUT2D eigenvalue weighted by Crippen LogP contribution is -2.40. The van der Waals surface area contributed by atoms with Crippen LogP contribution in [0.2, 0.25) is 0 Å². The van der Waals surface area contributed by atoms with Gasteiger partial charge in [-0.15, -0.1) is 0 Å². The largest absolute Gasteiger partial charge is 0.372 e. The molecule has 0 bridgehead atoms. The summed E-state index contributed by atoms with van der Waals surface area (Å²) in [6, 6.07) is 0. The van der Waals surface area contributed by atoms with Crippen LogP contribution >= 0.6 is 0 Å². The van der Waals surface area contributed by atoms with Gasteiger partial charge in [0.05, 0.1) is 0 Å². The Kier molecular flexibility index (Phi) is 2.52. The van der Waals surface area contributed by atoms with Crippen molar-refractivity contribution in [3.63, 3.8) is 0 Å². The molecule has 3 heteroatoms. The van der Waals surface area contributed by atoms with Gasteiger partial charge in [0, 0.05) is 18.8 Å². The van der Waals surface area contributed by atoms with Crippen LogP contribution in [0.15, 0.2) is 11.9 Å². The van der Waals surface area contributed by atoms with Crippen molar-refractivity contribution in [2.75, 3.05) is 13.1 Å². The van der Waals surface area contributed by atoms with Crippen LogP contribution in [-0.4, -0.2) is 18.8 Å². The predicted octanol–water partition coefficient (Wildman–Crippen LogP) is 0.696. The molecule has 0 radical (unpaired) electrons. The van der Waals surface area contributed by atoms with E-state index >= 15 is 0 Å². The number of rotatable bonds is 1. The first-order valence-corrected chi connectivity index (χ1v) is 3.93. The van der Waals surface area contributed by atoms with Gasteiger partial charge in [0.15, 0.2) is 0 Å². The van der Waals surface area contributed by atoms with Gasteiger partial charge in [-0.2, -0.15) is 0 Å². The van der Waals surface area contributed by atoms with Crippen LogP contribution in [0.5, 0.6) is 0 Å². The molecule has 3 N–H and O–H groups in total. The first-order chi connectivity index (χ1) is 5.18. The lowest BCUT2D eigenvalue weighted by molar-refractivity contribution is 0.449. The Hall–Kier alpha value is -0.990. The van der Waals surface area contributed by atoms with E-state index < -0.39 is 0 Å². The van der Waals surface area contributed by atoms with Crippen molar-refractivity contribution in [1.82, 2.24) is 10.6 Å². The third kappa shape index (κ3) is 2.62. The Morgan fingerprint density at radius 1 is 1.55 bits per heavy atom. The van der Waals surface area contributed by atoms with Crippen LogP contribution in [0.25, 0.3) is 0 Å². The lowest BCUT2D eigenvalue weighted by Gasteiger charge is -2.24. The van der Waals surface area contributed by atoms with E-state index in [4.69, 9.17) is 5.41 Å². The van der Waals surface area contributed by atoms with Gasteiger partial charge in [-0.25, -0.2) is 0 Å². The maximum Gasteiger partial charge on any atom is 0.100 e. The second-order valence-corrected chi connectivity index (χ2v) is 3.11. The molecule has 1 rings (SSSR count). The summed E-state index contributed by atoms with van der Waals surface area (Å²) >= 11 is 0. The Morgan fingerprint density at radius 2 is 2.09 bits per heavy atom. The molecule has 11 heavy (non-hydrogen) atoms. The molecule has 1 saturated heterocycles. The molecule has 1 aliphatic heterocycles. The summed E-state index contributed by atoms with van der Waals surface area (Å²) in [6.07, 6.45) is 1.81. The molecule has 0 saturated carbocycles. The van der Waals surface area contributed by atoms with E-state index in [2.05, 4.69) is 17.6 Å². The van der Waals surface area contributed by atoms with Crippen LogP contribution in [0.4, 0.5) is 0 Å². The number of allylic oxidation sites excluding steroid dienone is 1. The molecule has 0 spiro atoms. The van der Waals surface area contributed by atoms with Gasteiger partial charge in [-0.1, -0.05) is 6.92 Å². The minimum absolute atomic E-state index is 0.578. The van der Waals surface area contributed by atoms with E-state index in [1.165, 1.54) is 0 Å². The molecule has 1 heterocycles. The van der Waals surface area contributed by atoms with Gasteiger partial charge >= 0.3 is 0 Å². The van der Waals surface area contributed by atoms with E-state index in [1.54, 1.807) is 6.92 Å². The van der Waals surface area contributed by atoms with E-state index in [1.807, 2.05) is 6.08 Å². The van der Waals surface area contributed by atoms with Crippen molar-refractivity contribution < 1.29 is 0 Å². The maximum atomic E-state index is 7.22. The zero-order valence-corrected chi connectivity index (χ0v) is 7.07. The Balaban J connectivity index is 2.45. The molecular formula is C8H15N3. The topological polar surface area (TPSA) is 47.9 Å². The summed E-state index contributed by atoms with van der Waals surface area (Å²) < 4.78 is 0. The normalized spacial score (nSPS) is 23.5. The molecule has 0 unspecified atom stereocenters. The summed E-state index contributed by atoms with van der Waals surface area (Å²) in [7, 11) is 0. The summed E-state index contributed by atoms with van der Waals surface area (Å²) in [6.45, 7) is 5.97. The second-order valence-electron chi connectivity index (χ2n) is 3.11. The van der Waals surface area contributed by atoms with E-state index in [-0.39, 0.29) is 0 Å². The van der Waals surface area contributed by atoms with Crippen LogP contribution < -0.4 is 10.6 Å². The zero-order valence-electron chi connectivity index (χ0n) is 7.07. The molecule has 1 aliphatic rings. The summed E-state index contributed by atoms with van der Waals surface area (Å²) in [5.41, 5.74) is 0.578. The SMILES string of the molecule is CC(=N)C=C1NCC(C)CN1. The second kappa shape index (κ2) is 3.42. The van der Waals surface area contributed by atoms with Crippen molar-refractivity contribution in [1.29, 1.82) is 5.41 Å². The number of nitrogens with one attached hydrogen (secondary N) is 3. The average Bonchev–Trinajstić information content (AvgIpc) is 1.93. The third-order valence-corrected chi connectivity index (χ3v) is 1.64. The molecule has 62 valence electrons. The van der Waals surface area contributed by atoms with Gasteiger partial charge in [0.25, 0.3) is 0 Å². The Labute approximate surface area is 67.4 Å². The van der Waals surface area contributed by atoms with Crippen molar-refractivity contribution >= 4 is 5.71 Å². The molecule has 1 fully saturated rings. The highest BCUT2D eigenvalue weighted by Gasteiger charge is 2.09. The van der Waals surface area contributed by atoms with E-state index in [0.717, 1.165) is 18.9 Å². The molecule has 0 aliphatic carbocycles. The van der Waals surface area contributed by atoms with Crippen molar-refractivity contribution in [3.05, 3.63) is 11.9 Å². The zero-order chi connectivity index (χ0) is 8.27. The minimum atomic E-state index is 0.578. The van der Waals surface area contributed by atoms with Crippen LogP contribution in [0, 0.1) is 11.3 Å². The molecular weight excluding hydrogens is 138 g/mol. The van der Waals surface area contributed by atoms with Crippen LogP contribution in [0.3, 0.4) is 0 Å². The Morgan fingerprint density at radius 3 is 2.55 bits per heavy atom. The quantitative estimate of drug-likeness (QED) is 0.485. The first-order valence-electron chi connectivity index (χ1n) is 3.93. The average molecular weight is 153 g/mol. The molecule has 0 amide bonds. The fourth-order valence-electron chi connectivity index (χ4n) is 1.02. The molecule has 3 nitrogen and oxygen atoms in total. The summed E-state index contributed by atoms with van der Waals surface area (Å²) in [5.74, 6) is 1.66. The third-order valence-electron chi connectivity index (χ3n) is 1.64. The molecule has 0 aromatic carbocycles. The van der Waals surface area contributed by atoms with Crippen molar-refractivity contribution in [3.8, 4) is 0 Å². The summed E-state index contributed by atoms with van der Waals surface area (Å²) in [5, 5.41) is 13.6. The standard InChI is InChI=1S/C8H15N3/c1-6-4-10-8(11-5-6)3-7(2)9/h3,6,9-11H,4-5H2,1-2H3. The van der Waals surface area contributed by atoms with Gasteiger partial charge in [-0.3, -0.25) is 0 Å². The number of hydrogen-bond acceptors (Lipinski definition) is 3. The fraction of sp³-hybridized carbons (Fsp3) is 0.625. The van der Waals surface area contributed by atoms with E-state index in [0.29, 0.717) is 11.6 Å². The van der Waals surface area contributed by atoms with Gasteiger partial charge < -0.3 is 16.0 Å². The molecule has 0 aromatic heterocycles. The smallest absolute Gasteiger partial charge is 0.100 e. The minimum Gasteiger partial charge on any atom is -0.372 e. The van der Waals surface area contributed by atoms with Gasteiger partial charge in [0.2, 0.25) is 0 Å². The van der Waals surface area contributed by atoms with Crippen LogP contribution in [-0.2, 0) is 0 Å². The highest BCUT2D eigenvalue weighted by Crippen LogP contribution is 1.99. The Bertz CT molecular complexity index is 174. The molecule has 0 aromatic rings. The van der Waals surface area contributed by atoms with Crippen molar-refractivity contribution in [2.45, 2.75) is 13.8 Å².